The minimum absolute atomic E-state index is 0.0130. The quantitative estimate of drug-likeness (QED) is 0.353. The number of carboxylic acid groups (broad SMARTS) is 1. The third-order valence-electron chi connectivity index (χ3n) is 6.96. The number of amides is 2. The molecule has 2 aromatic heterocycles. The number of nitrogens with two attached hydrogens (primary N) is 1. The summed E-state index contributed by atoms with van der Waals surface area (Å²) >= 11 is 12.3. The fourth-order valence-corrected chi connectivity index (χ4v) is 5.42. The van der Waals surface area contributed by atoms with Crippen LogP contribution in [0.1, 0.15) is 28.8 Å². The lowest BCUT2D eigenvalue weighted by Crippen LogP contribution is -2.53. The smallest absolute Gasteiger partial charge is 0.384 e. The number of carbonyl (C=O) groups excluding carboxylic acids is 2. The largest absolute Gasteiger partial charge is 0.477 e. The lowest BCUT2D eigenvalue weighted by Gasteiger charge is -2.33. The number of rotatable bonds is 7. The Morgan fingerprint density at radius 3 is 2.44 bits per heavy atom. The highest BCUT2D eigenvalue weighted by molar-refractivity contribution is 6.35. The first-order valence-electron chi connectivity index (χ1n) is 12.5. The molecule has 2 saturated heterocycles. The SMILES string of the molecule is NC(=O)n1nc[n+]2c(N3CCN(C(=O)CN4CCCC4)CC3)nc(NCc3ccc(Cl)cc3Cl)c(C(=O)O)c12. The molecule has 13 nitrogen and oxygen atoms in total. The molecular formula is C24H28Cl2N9O4+. The molecule has 2 amide bonds. The van der Waals surface area contributed by atoms with Crippen LogP contribution < -0.4 is 20.4 Å². The zero-order valence-corrected chi connectivity index (χ0v) is 22.5. The van der Waals surface area contributed by atoms with Crippen molar-refractivity contribution in [2.45, 2.75) is 19.4 Å². The Labute approximate surface area is 233 Å². The average molecular weight is 577 g/mol. The number of halogens is 2. The number of fused-ring (bicyclic) bond motifs is 1. The van der Waals surface area contributed by atoms with E-state index in [2.05, 4.69) is 20.3 Å². The second-order valence-corrected chi connectivity index (χ2v) is 10.3. The van der Waals surface area contributed by atoms with Gasteiger partial charge in [-0.3, -0.25) is 14.6 Å². The lowest BCUT2D eigenvalue weighted by molar-refractivity contribution is -0.502. The summed E-state index contributed by atoms with van der Waals surface area (Å²) in [6.45, 7) is 4.31. The third-order valence-corrected chi connectivity index (χ3v) is 7.54. The molecule has 15 heteroatoms. The van der Waals surface area contributed by atoms with E-state index in [1.165, 1.54) is 10.7 Å². The van der Waals surface area contributed by atoms with Crippen LogP contribution in [-0.4, -0.2) is 93.4 Å². The van der Waals surface area contributed by atoms with Crippen molar-refractivity contribution in [1.82, 2.24) is 24.6 Å². The highest BCUT2D eigenvalue weighted by Crippen LogP contribution is 2.25. The second kappa shape index (κ2) is 11.2. The van der Waals surface area contributed by atoms with Gasteiger partial charge >= 0.3 is 17.9 Å². The van der Waals surface area contributed by atoms with Crippen LogP contribution in [0.4, 0.5) is 16.6 Å². The van der Waals surface area contributed by atoms with Gasteiger partial charge in [0.1, 0.15) is 0 Å². The summed E-state index contributed by atoms with van der Waals surface area (Å²) in [6, 6.07) is 4.04. The number of carbonyl (C=O) groups is 3. The molecule has 0 spiro atoms. The van der Waals surface area contributed by atoms with Gasteiger partial charge < -0.3 is 21.1 Å². The van der Waals surface area contributed by atoms with Gasteiger partial charge in [0.25, 0.3) is 0 Å². The standard InChI is InChI=1S/C24H27Cl2N9O4/c25-16-4-3-15(17(26)11-16)12-28-20-19(22(37)38)21-34(14-29-35(21)23(27)39)24(30-20)33-9-7-32(8-10-33)18(36)13-31-5-1-2-6-31/h3-4,11,14H,1-2,5-10,12-13H2,(H3,27,37,38,39)/p+1. The van der Waals surface area contributed by atoms with E-state index in [-0.39, 0.29) is 29.5 Å². The van der Waals surface area contributed by atoms with Crippen LogP contribution in [0.15, 0.2) is 24.5 Å². The highest BCUT2D eigenvalue weighted by Gasteiger charge is 2.34. The molecule has 1 aromatic carbocycles. The van der Waals surface area contributed by atoms with E-state index >= 15 is 0 Å². The van der Waals surface area contributed by atoms with Gasteiger partial charge in [-0.15, -0.1) is 4.98 Å². The molecule has 0 saturated carbocycles. The maximum absolute atomic E-state index is 12.8. The van der Waals surface area contributed by atoms with Crippen LogP contribution in [0.3, 0.4) is 0 Å². The summed E-state index contributed by atoms with van der Waals surface area (Å²) in [7, 11) is 0. The number of anilines is 2. The Morgan fingerprint density at radius 1 is 1.08 bits per heavy atom. The topological polar surface area (TPSA) is 154 Å². The Morgan fingerprint density at radius 2 is 1.79 bits per heavy atom. The molecule has 206 valence electrons. The average Bonchev–Trinajstić information content (AvgIpc) is 3.58. The first-order valence-corrected chi connectivity index (χ1v) is 13.3. The number of piperazine rings is 1. The van der Waals surface area contributed by atoms with E-state index in [9.17, 15) is 19.5 Å². The molecule has 0 bridgehead atoms. The molecule has 39 heavy (non-hydrogen) atoms. The van der Waals surface area contributed by atoms with Crippen molar-refractivity contribution in [2.75, 3.05) is 56.0 Å². The predicted molar refractivity (Wildman–Crippen MR) is 143 cm³/mol. The zero-order valence-electron chi connectivity index (χ0n) is 21.0. The van der Waals surface area contributed by atoms with Gasteiger partial charge in [0.15, 0.2) is 11.4 Å². The summed E-state index contributed by atoms with van der Waals surface area (Å²) in [5.74, 6) is -0.859. The molecule has 2 fully saturated rings. The molecule has 4 heterocycles. The van der Waals surface area contributed by atoms with Crippen LogP contribution in [0, 0.1) is 0 Å². The summed E-state index contributed by atoms with van der Waals surface area (Å²) in [4.78, 5) is 47.9. The van der Waals surface area contributed by atoms with Crippen molar-refractivity contribution in [2.24, 2.45) is 5.73 Å². The molecule has 2 aliphatic rings. The van der Waals surface area contributed by atoms with E-state index in [0.29, 0.717) is 54.3 Å². The molecule has 5 rings (SSSR count). The molecular weight excluding hydrogens is 549 g/mol. The molecule has 0 aliphatic carbocycles. The Bertz CT molecular complexity index is 1430. The monoisotopic (exact) mass is 576 g/mol. The molecule has 2 aliphatic heterocycles. The van der Waals surface area contributed by atoms with Crippen molar-refractivity contribution < 1.29 is 23.9 Å². The number of aromatic carboxylic acids is 1. The van der Waals surface area contributed by atoms with Crippen LogP contribution in [0.2, 0.25) is 10.0 Å². The van der Waals surface area contributed by atoms with Crippen molar-refractivity contribution in [3.63, 3.8) is 0 Å². The second-order valence-electron chi connectivity index (χ2n) is 9.46. The number of nitrogens with zero attached hydrogens (tertiary/aromatic N) is 7. The number of carboxylic acids is 1. The Kier molecular flexibility index (Phi) is 7.73. The zero-order chi connectivity index (χ0) is 27.7. The third kappa shape index (κ3) is 5.56. The van der Waals surface area contributed by atoms with E-state index in [1.807, 2.05) is 9.80 Å². The summed E-state index contributed by atoms with van der Waals surface area (Å²) < 4.78 is 2.25. The van der Waals surface area contributed by atoms with Crippen LogP contribution in [0.25, 0.3) is 5.65 Å². The Hall–Kier alpha value is -3.68. The minimum Gasteiger partial charge on any atom is -0.477 e. The highest BCUT2D eigenvalue weighted by atomic mass is 35.5. The van der Waals surface area contributed by atoms with Gasteiger partial charge in [-0.05, 0) is 48.7 Å². The van der Waals surface area contributed by atoms with Crippen molar-refractivity contribution in [3.8, 4) is 0 Å². The van der Waals surface area contributed by atoms with Crippen LogP contribution in [-0.2, 0) is 11.3 Å². The number of hydrogen-bond donors (Lipinski definition) is 3. The summed E-state index contributed by atoms with van der Waals surface area (Å²) in [5, 5.41) is 18.0. The number of nitrogens with one attached hydrogen (secondary N) is 1. The number of benzene rings is 1. The number of aromatic nitrogens is 4. The van der Waals surface area contributed by atoms with Crippen LogP contribution in [0.5, 0.6) is 0 Å². The predicted octanol–water partition coefficient (Wildman–Crippen LogP) is 1.31. The summed E-state index contributed by atoms with van der Waals surface area (Å²) in [5.41, 5.74) is 5.86. The maximum Gasteiger partial charge on any atom is 0.384 e. The van der Waals surface area contributed by atoms with E-state index in [0.717, 1.165) is 30.6 Å². The summed E-state index contributed by atoms with van der Waals surface area (Å²) in [6.07, 6.45) is 3.54. The van der Waals surface area contributed by atoms with Gasteiger partial charge in [-0.1, -0.05) is 34.0 Å². The van der Waals surface area contributed by atoms with Crippen molar-refractivity contribution >= 4 is 58.5 Å². The van der Waals surface area contributed by atoms with Crippen molar-refractivity contribution in [1.29, 1.82) is 0 Å². The van der Waals surface area contributed by atoms with E-state index < -0.39 is 12.0 Å². The molecule has 4 N–H and O–H groups in total. The molecule has 3 aromatic rings. The maximum atomic E-state index is 12.8. The van der Waals surface area contributed by atoms with Gasteiger partial charge in [0.05, 0.1) is 19.6 Å². The van der Waals surface area contributed by atoms with Gasteiger partial charge in [0.2, 0.25) is 17.9 Å². The lowest BCUT2D eigenvalue weighted by atomic mass is 10.2. The molecule has 0 radical (unpaired) electrons. The fraction of sp³-hybridized carbons (Fsp3) is 0.417. The number of primary amides is 1. The Balaban J connectivity index is 1.45. The van der Waals surface area contributed by atoms with Gasteiger partial charge in [0, 0.05) is 29.7 Å². The number of likely N-dealkylation sites (tertiary alicyclic amines) is 1. The van der Waals surface area contributed by atoms with E-state index in [1.54, 1.807) is 18.2 Å². The van der Waals surface area contributed by atoms with Crippen molar-refractivity contribution in [3.05, 3.63) is 45.7 Å². The van der Waals surface area contributed by atoms with Gasteiger partial charge in [-0.2, -0.15) is 4.40 Å². The normalized spacial score (nSPS) is 16.2. The fourth-order valence-electron chi connectivity index (χ4n) is 4.94. The van der Waals surface area contributed by atoms with Crippen LogP contribution >= 0.6 is 23.2 Å². The molecule has 0 atom stereocenters. The minimum atomic E-state index is -1.32. The first kappa shape index (κ1) is 26.9. The van der Waals surface area contributed by atoms with Gasteiger partial charge in [-0.25, -0.2) is 9.59 Å². The van der Waals surface area contributed by atoms with E-state index in [4.69, 9.17) is 28.9 Å². The molecule has 0 unspecified atom stereocenters. The first-order chi connectivity index (χ1) is 18.7. The number of hydrogen-bond acceptors (Lipinski definition) is 8.